The molecule has 0 aromatic carbocycles. The van der Waals surface area contributed by atoms with E-state index in [-0.39, 0.29) is 25.7 Å². The number of allylic oxidation sites excluding steroid dienone is 24. The molecule has 544 valence electrons. The molecule has 0 radical (unpaired) electrons. The summed E-state index contributed by atoms with van der Waals surface area (Å²) in [6.45, 7) is 4.23. The molecule has 0 aliphatic heterocycles. The molecule has 0 saturated heterocycles. The van der Waals surface area contributed by atoms with E-state index in [0.29, 0.717) is 25.7 Å². The van der Waals surface area contributed by atoms with Gasteiger partial charge in [-0.15, -0.1) is 0 Å². The topological polar surface area (TPSA) is 237 Å². The van der Waals surface area contributed by atoms with Gasteiger partial charge in [0.15, 0.2) is 12.2 Å². The molecule has 0 aromatic rings. The zero-order chi connectivity index (χ0) is 70.4. The first-order valence-electron chi connectivity index (χ1n) is 35.7. The van der Waals surface area contributed by atoms with Crippen LogP contribution in [0.3, 0.4) is 0 Å². The van der Waals surface area contributed by atoms with E-state index in [1.165, 1.54) is 38.5 Å². The van der Waals surface area contributed by atoms with E-state index in [9.17, 15) is 43.2 Å². The van der Waals surface area contributed by atoms with Crippen LogP contribution in [0.5, 0.6) is 0 Å². The first-order chi connectivity index (χ1) is 46.7. The lowest BCUT2D eigenvalue weighted by Crippen LogP contribution is -2.30. The summed E-state index contributed by atoms with van der Waals surface area (Å²) in [5, 5.41) is 10.6. The van der Waals surface area contributed by atoms with Gasteiger partial charge in [-0.05, 0) is 109 Å². The van der Waals surface area contributed by atoms with E-state index in [1.807, 2.05) is 36.5 Å². The minimum Gasteiger partial charge on any atom is -0.461 e. The minimum absolute atomic E-state index is 0.0488. The van der Waals surface area contributed by atoms with Crippen molar-refractivity contribution in [3.63, 3.8) is 0 Å². The summed E-state index contributed by atoms with van der Waals surface area (Å²) in [4.78, 5) is 72.5. The Morgan fingerprint density at radius 2 is 0.573 bits per heavy atom. The number of esters is 4. The average Bonchev–Trinajstić information content (AvgIpc) is 1.09. The number of unbranched alkanes of at least 4 members (excludes halogenated alkanes) is 15. The predicted molar refractivity (Wildman–Crippen MR) is 390 cm³/mol. The maximum Gasteiger partial charge on any atom is 0.472 e. The molecule has 5 atom stereocenters. The van der Waals surface area contributed by atoms with Crippen LogP contribution in [0.15, 0.2) is 158 Å². The molecule has 0 saturated carbocycles. The number of aliphatic hydroxyl groups excluding tert-OH is 1. The Kier molecular flexibility index (Phi) is 64.4. The van der Waals surface area contributed by atoms with Gasteiger partial charge in [-0.3, -0.25) is 37.3 Å². The van der Waals surface area contributed by atoms with Crippen molar-refractivity contribution in [2.24, 2.45) is 0 Å². The molecule has 0 amide bonds. The molecule has 0 aromatic heterocycles. The molecular formula is C77H124O17P2. The quantitative estimate of drug-likeness (QED) is 0.0169. The maximum atomic E-state index is 13.0. The number of hydrogen-bond acceptors (Lipinski definition) is 15. The fraction of sp³-hybridized carbons (Fsp3) is 0.610. The number of hydrogen-bond donors (Lipinski definition) is 3. The first kappa shape index (κ1) is 90.7. The fourth-order valence-corrected chi connectivity index (χ4v) is 10.3. The van der Waals surface area contributed by atoms with Gasteiger partial charge in [0.05, 0.1) is 39.3 Å². The van der Waals surface area contributed by atoms with Crippen molar-refractivity contribution in [2.75, 3.05) is 39.6 Å². The third kappa shape index (κ3) is 67.3. The van der Waals surface area contributed by atoms with Crippen molar-refractivity contribution in [1.82, 2.24) is 0 Å². The summed E-state index contributed by atoms with van der Waals surface area (Å²) < 4.78 is 68.0. The van der Waals surface area contributed by atoms with E-state index in [1.54, 1.807) is 12.2 Å². The van der Waals surface area contributed by atoms with E-state index in [4.69, 9.17) is 37.0 Å². The molecule has 0 bridgehead atoms. The molecule has 0 aliphatic rings. The van der Waals surface area contributed by atoms with Gasteiger partial charge in [0, 0.05) is 12.8 Å². The molecule has 96 heavy (non-hydrogen) atoms. The van der Waals surface area contributed by atoms with Crippen LogP contribution < -0.4 is 0 Å². The number of carbonyl (C=O) groups excluding carboxylic acids is 4. The summed E-state index contributed by atoms with van der Waals surface area (Å²) in [6.07, 6.45) is 77.5. The average molecular weight is 1380 g/mol. The maximum absolute atomic E-state index is 13.0. The van der Waals surface area contributed by atoms with Crippen molar-refractivity contribution in [3.8, 4) is 0 Å². The van der Waals surface area contributed by atoms with Crippen molar-refractivity contribution in [3.05, 3.63) is 158 Å². The summed E-state index contributed by atoms with van der Waals surface area (Å²) in [5.41, 5.74) is 0. The molecule has 17 nitrogen and oxygen atoms in total. The molecule has 19 heteroatoms. The Bertz CT molecular complexity index is 2450. The summed E-state index contributed by atoms with van der Waals surface area (Å²) in [6, 6.07) is 0. The van der Waals surface area contributed by atoms with Crippen LogP contribution >= 0.6 is 15.6 Å². The van der Waals surface area contributed by atoms with Gasteiger partial charge in [0.1, 0.15) is 19.3 Å². The number of carbonyl (C=O) groups is 4. The summed E-state index contributed by atoms with van der Waals surface area (Å²) in [5.74, 6) is -2.50. The number of aliphatic hydroxyl groups is 1. The van der Waals surface area contributed by atoms with Crippen LogP contribution in [0.2, 0.25) is 0 Å². The van der Waals surface area contributed by atoms with Crippen LogP contribution in [-0.4, -0.2) is 96.7 Å². The summed E-state index contributed by atoms with van der Waals surface area (Å²) >= 11 is 0. The molecular weight excluding hydrogens is 1260 g/mol. The minimum atomic E-state index is -5.01. The molecule has 0 rings (SSSR count). The lowest BCUT2D eigenvalue weighted by molar-refractivity contribution is -0.161. The fourth-order valence-electron chi connectivity index (χ4n) is 8.73. The second-order valence-corrected chi connectivity index (χ2v) is 26.0. The van der Waals surface area contributed by atoms with Crippen LogP contribution in [0, 0.1) is 0 Å². The zero-order valence-electron chi connectivity index (χ0n) is 59.0. The smallest absolute Gasteiger partial charge is 0.461 e. The van der Waals surface area contributed by atoms with Gasteiger partial charge in [0.25, 0.3) is 0 Å². The molecule has 0 fully saturated rings. The SMILES string of the molecule is CC/C=C\C/C=C\C/C=C\C/C=C\C/C=C\CC(=O)OCC(COP(=O)(O)OCC(O)COP(=O)(O)OCC(COC(=O)C/C=C\C/C=C\C/C=C\C/C=C\C/C=C\CC)OC(=O)CCCCCCCCCCCCC)OC(=O)CCCCCCC/C=C\C/C=C\C/C=C\CC. The predicted octanol–water partition coefficient (Wildman–Crippen LogP) is 20.1. The van der Waals surface area contributed by atoms with E-state index in [0.717, 1.165) is 128 Å². The second kappa shape index (κ2) is 68.2. The number of rotatable bonds is 65. The van der Waals surface area contributed by atoms with Crippen LogP contribution in [0.1, 0.15) is 246 Å². The van der Waals surface area contributed by atoms with E-state index < -0.39 is 97.5 Å². The lowest BCUT2D eigenvalue weighted by Gasteiger charge is -2.21. The summed E-state index contributed by atoms with van der Waals surface area (Å²) in [7, 11) is -10.0. The highest BCUT2D eigenvalue weighted by Gasteiger charge is 2.30. The molecule has 0 aliphatic carbocycles. The van der Waals surface area contributed by atoms with Gasteiger partial charge in [-0.25, -0.2) is 9.13 Å². The Morgan fingerprint density at radius 1 is 0.312 bits per heavy atom. The van der Waals surface area contributed by atoms with Crippen LogP contribution in [0.4, 0.5) is 0 Å². The molecule has 5 unspecified atom stereocenters. The van der Waals surface area contributed by atoms with Crippen molar-refractivity contribution < 1.29 is 80.2 Å². The third-order valence-corrected chi connectivity index (χ3v) is 16.0. The first-order valence-corrected chi connectivity index (χ1v) is 38.7. The number of phosphoric ester groups is 2. The van der Waals surface area contributed by atoms with E-state index in [2.05, 4.69) is 137 Å². The largest absolute Gasteiger partial charge is 0.472 e. The lowest BCUT2D eigenvalue weighted by atomic mass is 10.1. The molecule has 0 heterocycles. The van der Waals surface area contributed by atoms with Crippen molar-refractivity contribution in [2.45, 2.75) is 264 Å². The normalized spacial score (nSPS) is 14.9. The number of ether oxygens (including phenoxy) is 4. The van der Waals surface area contributed by atoms with Gasteiger partial charge in [0.2, 0.25) is 0 Å². The second-order valence-electron chi connectivity index (χ2n) is 23.1. The van der Waals surface area contributed by atoms with Crippen molar-refractivity contribution >= 4 is 39.5 Å². The Hall–Kier alpha value is -5.32. The highest BCUT2D eigenvalue weighted by molar-refractivity contribution is 7.47. The highest BCUT2D eigenvalue weighted by Crippen LogP contribution is 2.45. The Balaban J connectivity index is 5.49. The third-order valence-electron chi connectivity index (χ3n) is 14.1. The molecule has 0 spiro atoms. The highest BCUT2D eigenvalue weighted by atomic mass is 31.2. The van der Waals surface area contributed by atoms with E-state index >= 15 is 0 Å². The molecule has 3 N–H and O–H groups in total. The monoisotopic (exact) mass is 1380 g/mol. The van der Waals surface area contributed by atoms with Gasteiger partial charge in [-0.2, -0.15) is 0 Å². The van der Waals surface area contributed by atoms with Gasteiger partial charge >= 0.3 is 39.5 Å². The van der Waals surface area contributed by atoms with Gasteiger partial charge in [-0.1, -0.05) is 269 Å². The van der Waals surface area contributed by atoms with Crippen LogP contribution in [0.25, 0.3) is 0 Å². The Labute approximate surface area is 579 Å². The van der Waals surface area contributed by atoms with Crippen molar-refractivity contribution in [1.29, 1.82) is 0 Å². The van der Waals surface area contributed by atoms with Gasteiger partial charge < -0.3 is 33.8 Å². The van der Waals surface area contributed by atoms with Crippen LogP contribution in [-0.2, 0) is 65.4 Å². The number of phosphoric acid groups is 2. The zero-order valence-corrected chi connectivity index (χ0v) is 60.8. The Morgan fingerprint density at radius 3 is 0.885 bits per heavy atom. The standard InChI is InChI=1S/C77H124O17P2/c1-5-9-13-17-21-25-29-32-35-38-42-45-49-53-57-61-74(79)87-67-72(93-76(81)63-59-55-51-47-41-28-24-20-16-12-8-4)69-91-95(83,84)89-65-71(78)66-90-96(85,86)92-70-73(94-77(82)64-60-56-52-48-44-40-37-34-31-27-23-19-15-11-7-3)68-88-75(80)62-58-54-50-46-43-39-36-33-30-26-22-18-14-10-6-2/h9-11,13-15,21-23,25-27,32-37,42-43,45-46,53-54,57-58,71-73,78H,5-8,12,16-20,24,28-31,38-41,44,47-52,55-56,59-70H2,1-4H3,(H,83,84)(H,85,86)/b13-9-,14-10-,15-11-,25-21-,26-22-,27-23-,35-32-,36-33-,37-34-,45-42-,46-43-,57-53-,58-54-.